The molecule has 104 valence electrons. The van der Waals surface area contributed by atoms with Crippen LogP contribution in [0.2, 0.25) is 0 Å². The summed E-state index contributed by atoms with van der Waals surface area (Å²) in [6.07, 6.45) is 2.02. The van der Waals surface area contributed by atoms with Gasteiger partial charge in [0.05, 0.1) is 17.7 Å². The van der Waals surface area contributed by atoms with E-state index in [2.05, 4.69) is 0 Å². The number of halogens is 1. The first-order valence-electron chi connectivity index (χ1n) is 6.47. The molecular formula is C15H15FN2O2. The third-order valence-corrected chi connectivity index (χ3v) is 3.17. The van der Waals surface area contributed by atoms with Crippen molar-refractivity contribution in [1.82, 2.24) is 0 Å². The zero-order valence-electron chi connectivity index (χ0n) is 11.4. The third kappa shape index (κ3) is 2.50. The predicted octanol–water partition coefficient (Wildman–Crippen LogP) is 2.53. The van der Waals surface area contributed by atoms with Crippen LogP contribution in [-0.4, -0.2) is 19.1 Å². The standard InChI is InChI=1S/C15H15FN2O2/c1-3-18-9-12(15(19)20-4-2)5-10-6-13(16)11(8-17)7-14(10)18/h6-7,9H,3-5H2,1-2H3. The first kappa shape index (κ1) is 14.1. The maximum atomic E-state index is 13.7. The van der Waals surface area contributed by atoms with Gasteiger partial charge >= 0.3 is 5.97 Å². The van der Waals surface area contributed by atoms with Crippen molar-refractivity contribution >= 4 is 11.7 Å². The molecule has 0 spiro atoms. The Morgan fingerprint density at radius 1 is 1.50 bits per heavy atom. The molecule has 0 saturated heterocycles. The smallest absolute Gasteiger partial charge is 0.335 e. The molecule has 1 heterocycles. The Morgan fingerprint density at radius 3 is 2.85 bits per heavy atom. The number of benzene rings is 1. The molecule has 0 saturated carbocycles. The van der Waals surface area contributed by atoms with Crippen molar-refractivity contribution in [2.24, 2.45) is 0 Å². The van der Waals surface area contributed by atoms with E-state index in [9.17, 15) is 9.18 Å². The van der Waals surface area contributed by atoms with Crippen LogP contribution in [0.3, 0.4) is 0 Å². The first-order valence-corrected chi connectivity index (χ1v) is 6.47. The second kappa shape index (κ2) is 5.74. The molecule has 1 aromatic carbocycles. The number of esters is 1. The molecule has 0 radical (unpaired) electrons. The van der Waals surface area contributed by atoms with Crippen LogP contribution in [0.5, 0.6) is 0 Å². The van der Waals surface area contributed by atoms with Crippen molar-refractivity contribution in [2.75, 3.05) is 18.1 Å². The summed E-state index contributed by atoms with van der Waals surface area (Å²) in [5, 5.41) is 8.89. The van der Waals surface area contributed by atoms with Crippen LogP contribution in [-0.2, 0) is 16.0 Å². The SMILES string of the molecule is CCOC(=O)C1=CN(CC)c2cc(C#N)c(F)cc2C1. The Balaban J connectivity index is 2.43. The van der Waals surface area contributed by atoms with Crippen molar-refractivity contribution in [2.45, 2.75) is 20.3 Å². The molecule has 1 aliphatic rings. The summed E-state index contributed by atoms with van der Waals surface area (Å²) in [6, 6.07) is 4.67. The highest BCUT2D eigenvalue weighted by atomic mass is 19.1. The minimum Gasteiger partial charge on any atom is -0.463 e. The number of carbonyl (C=O) groups is 1. The van der Waals surface area contributed by atoms with Crippen LogP contribution in [0.25, 0.3) is 0 Å². The lowest BCUT2D eigenvalue weighted by molar-refractivity contribution is -0.138. The van der Waals surface area contributed by atoms with E-state index in [1.165, 1.54) is 12.1 Å². The Labute approximate surface area is 117 Å². The van der Waals surface area contributed by atoms with Crippen LogP contribution in [0, 0.1) is 17.1 Å². The molecule has 0 bridgehead atoms. The Kier molecular flexibility index (Phi) is 4.04. The molecule has 0 atom stereocenters. The van der Waals surface area contributed by atoms with E-state index >= 15 is 0 Å². The monoisotopic (exact) mass is 274 g/mol. The number of anilines is 1. The number of ether oxygens (including phenoxy) is 1. The largest absolute Gasteiger partial charge is 0.463 e. The van der Waals surface area contributed by atoms with Gasteiger partial charge in [-0.05, 0) is 31.5 Å². The molecule has 0 unspecified atom stereocenters. The fraction of sp³-hybridized carbons (Fsp3) is 0.333. The van der Waals surface area contributed by atoms with Crippen LogP contribution in [0.15, 0.2) is 23.9 Å². The Morgan fingerprint density at radius 2 is 2.25 bits per heavy atom. The van der Waals surface area contributed by atoms with Gasteiger partial charge < -0.3 is 9.64 Å². The zero-order chi connectivity index (χ0) is 14.7. The number of hydrogen-bond donors (Lipinski definition) is 0. The topological polar surface area (TPSA) is 53.3 Å². The molecule has 0 fully saturated rings. The normalized spacial score (nSPS) is 13.3. The second-order valence-electron chi connectivity index (χ2n) is 4.41. The average Bonchev–Trinajstić information content (AvgIpc) is 2.45. The molecule has 4 nitrogen and oxygen atoms in total. The molecule has 2 rings (SSSR count). The fourth-order valence-corrected chi connectivity index (χ4v) is 2.22. The number of nitrogens with zero attached hydrogens (tertiary/aromatic N) is 2. The molecule has 1 aromatic rings. The van der Waals surface area contributed by atoms with E-state index in [4.69, 9.17) is 10.00 Å². The van der Waals surface area contributed by atoms with Crippen LogP contribution >= 0.6 is 0 Å². The van der Waals surface area contributed by atoms with Gasteiger partial charge in [0.1, 0.15) is 11.9 Å². The van der Waals surface area contributed by atoms with Gasteiger partial charge in [-0.1, -0.05) is 0 Å². The summed E-state index contributed by atoms with van der Waals surface area (Å²) in [7, 11) is 0. The second-order valence-corrected chi connectivity index (χ2v) is 4.41. The van der Waals surface area contributed by atoms with E-state index < -0.39 is 5.82 Å². The van der Waals surface area contributed by atoms with Gasteiger partial charge in [0.15, 0.2) is 0 Å². The van der Waals surface area contributed by atoms with Crippen molar-refractivity contribution in [3.05, 3.63) is 40.8 Å². The first-order chi connectivity index (χ1) is 9.60. The quantitative estimate of drug-likeness (QED) is 0.795. The molecular weight excluding hydrogens is 259 g/mol. The summed E-state index contributed by atoms with van der Waals surface area (Å²) in [6.45, 7) is 4.58. The lowest BCUT2D eigenvalue weighted by Gasteiger charge is -2.28. The Hall–Kier alpha value is -2.35. The van der Waals surface area contributed by atoms with E-state index in [-0.39, 0.29) is 11.5 Å². The maximum Gasteiger partial charge on any atom is 0.335 e. The van der Waals surface area contributed by atoms with Gasteiger partial charge in [-0.25, -0.2) is 9.18 Å². The highest BCUT2D eigenvalue weighted by Gasteiger charge is 2.23. The summed E-state index contributed by atoms with van der Waals surface area (Å²) < 4.78 is 18.7. The minimum atomic E-state index is -0.563. The lowest BCUT2D eigenvalue weighted by atomic mass is 9.97. The van der Waals surface area contributed by atoms with Gasteiger partial charge in [-0.15, -0.1) is 0 Å². The van der Waals surface area contributed by atoms with E-state index in [0.29, 0.717) is 30.7 Å². The number of nitriles is 1. The highest BCUT2D eigenvalue weighted by Crippen LogP contribution is 2.31. The van der Waals surface area contributed by atoms with Gasteiger partial charge in [0, 0.05) is 24.9 Å². The molecule has 0 aromatic heterocycles. The molecule has 5 heteroatoms. The number of carbonyl (C=O) groups excluding carboxylic acids is 1. The molecule has 1 aliphatic heterocycles. The van der Waals surface area contributed by atoms with Crippen LogP contribution in [0.1, 0.15) is 25.0 Å². The summed E-state index contributed by atoms with van der Waals surface area (Å²) >= 11 is 0. The van der Waals surface area contributed by atoms with Gasteiger partial charge in [0.2, 0.25) is 0 Å². The van der Waals surface area contributed by atoms with Crippen LogP contribution in [0.4, 0.5) is 10.1 Å². The van der Waals surface area contributed by atoms with Gasteiger partial charge in [-0.2, -0.15) is 5.26 Å². The van der Waals surface area contributed by atoms with E-state index in [0.717, 1.165) is 5.69 Å². The molecule has 0 aliphatic carbocycles. The number of hydrogen-bond acceptors (Lipinski definition) is 4. The lowest BCUT2D eigenvalue weighted by Crippen LogP contribution is -2.25. The predicted molar refractivity (Wildman–Crippen MR) is 72.6 cm³/mol. The van der Waals surface area contributed by atoms with Crippen molar-refractivity contribution < 1.29 is 13.9 Å². The maximum absolute atomic E-state index is 13.7. The third-order valence-electron chi connectivity index (χ3n) is 3.17. The van der Waals surface area contributed by atoms with E-state index in [1.807, 2.05) is 17.9 Å². The zero-order valence-corrected chi connectivity index (χ0v) is 11.4. The summed E-state index contributed by atoms with van der Waals surface area (Å²) in [5.41, 5.74) is 1.95. The summed E-state index contributed by atoms with van der Waals surface area (Å²) in [4.78, 5) is 13.6. The summed E-state index contributed by atoms with van der Waals surface area (Å²) in [5.74, 6) is -0.950. The van der Waals surface area contributed by atoms with Crippen LogP contribution < -0.4 is 4.90 Å². The average molecular weight is 274 g/mol. The van der Waals surface area contributed by atoms with Gasteiger partial charge in [-0.3, -0.25) is 0 Å². The van der Waals surface area contributed by atoms with Crippen molar-refractivity contribution in [3.63, 3.8) is 0 Å². The van der Waals surface area contributed by atoms with Crippen molar-refractivity contribution in [1.29, 1.82) is 5.26 Å². The number of rotatable bonds is 3. The molecule has 0 N–H and O–H groups in total. The van der Waals surface area contributed by atoms with Crippen molar-refractivity contribution in [3.8, 4) is 6.07 Å². The van der Waals surface area contributed by atoms with Gasteiger partial charge in [0.25, 0.3) is 0 Å². The fourth-order valence-electron chi connectivity index (χ4n) is 2.22. The molecule has 0 amide bonds. The minimum absolute atomic E-state index is 0.00943. The number of fused-ring (bicyclic) bond motifs is 1. The van der Waals surface area contributed by atoms with E-state index in [1.54, 1.807) is 13.1 Å². The highest BCUT2D eigenvalue weighted by molar-refractivity contribution is 5.91. The molecule has 20 heavy (non-hydrogen) atoms. The Bertz CT molecular complexity index is 617.